The van der Waals surface area contributed by atoms with Gasteiger partial charge in [0.05, 0.1) is 23.8 Å². The van der Waals surface area contributed by atoms with Crippen molar-refractivity contribution in [3.8, 4) is 17.6 Å². The third-order valence-electron chi connectivity index (χ3n) is 2.69. The van der Waals surface area contributed by atoms with Gasteiger partial charge in [0, 0.05) is 10.6 Å². The van der Waals surface area contributed by atoms with E-state index in [4.69, 9.17) is 37.9 Å². The zero-order chi connectivity index (χ0) is 14.5. The molecule has 0 saturated heterocycles. The molecule has 5 heteroatoms. The summed E-state index contributed by atoms with van der Waals surface area (Å²) in [7, 11) is 1.58. The second-order valence-corrected chi connectivity index (χ2v) is 4.85. The minimum Gasteiger partial charge on any atom is -0.496 e. The zero-order valence-corrected chi connectivity index (χ0v) is 12.2. The molecule has 2 rings (SSSR count). The molecular weight excluding hydrogens is 297 g/mol. The Morgan fingerprint density at radius 1 is 1.10 bits per heavy atom. The van der Waals surface area contributed by atoms with E-state index in [-0.39, 0.29) is 6.61 Å². The van der Waals surface area contributed by atoms with Crippen LogP contribution in [0.25, 0.3) is 0 Å². The zero-order valence-electron chi connectivity index (χ0n) is 10.7. The molecule has 0 unspecified atom stereocenters. The van der Waals surface area contributed by atoms with Gasteiger partial charge in [-0.05, 0) is 36.4 Å². The highest BCUT2D eigenvalue weighted by atomic mass is 35.5. The summed E-state index contributed by atoms with van der Waals surface area (Å²) in [4.78, 5) is 0. The van der Waals surface area contributed by atoms with Crippen LogP contribution in [0.2, 0.25) is 10.0 Å². The summed E-state index contributed by atoms with van der Waals surface area (Å²) >= 11 is 12.0. The van der Waals surface area contributed by atoms with E-state index in [1.54, 1.807) is 43.5 Å². The van der Waals surface area contributed by atoms with Crippen molar-refractivity contribution in [3.05, 3.63) is 57.6 Å². The van der Waals surface area contributed by atoms with Crippen molar-refractivity contribution in [1.29, 1.82) is 5.26 Å². The molecule has 2 aromatic carbocycles. The lowest BCUT2D eigenvalue weighted by Gasteiger charge is -2.11. The van der Waals surface area contributed by atoms with E-state index in [1.165, 1.54) is 0 Å². The Morgan fingerprint density at radius 2 is 1.85 bits per heavy atom. The first-order chi connectivity index (χ1) is 9.63. The maximum Gasteiger partial charge on any atom is 0.138 e. The van der Waals surface area contributed by atoms with Crippen molar-refractivity contribution >= 4 is 23.2 Å². The number of ether oxygens (including phenoxy) is 2. The third kappa shape index (κ3) is 3.36. The van der Waals surface area contributed by atoms with Crippen molar-refractivity contribution < 1.29 is 9.47 Å². The van der Waals surface area contributed by atoms with E-state index in [2.05, 4.69) is 0 Å². The lowest BCUT2D eigenvalue weighted by molar-refractivity contribution is 0.297. The molecule has 0 aliphatic carbocycles. The van der Waals surface area contributed by atoms with Crippen LogP contribution in [0.4, 0.5) is 0 Å². The molecule has 0 amide bonds. The van der Waals surface area contributed by atoms with Gasteiger partial charge >= 0.3 is 0 Å². The number of methoxy groups -OCH3 is 1. The predicted molar refractivity (Wildman–Crippen MR) is 78.5 cm³/mol. The molecule has 0 N–H and O–H groups in total. The van der Waals surface area contributed by atoms with Crippen LogP contribution in [0, 0.1) is 11.3 Å². The monoisotopic (exact) mass is 307 g/mol. The molecule has 2 aromatic rings. The SMILES string of the molecule is COc1ccc(Cl)cc1COc1ccc(C#N)cc1Cl. The summed E-state index contributed by atoms with van der Waals surface area (Å²) < 4.78 is 10.9. The van der Waals surface area contributed by atoms with Crippen LogP contribution in [0.5, 0.6) is 11.5 Å². The van der Waals surface area contributed by atoms with E-state index >= 15 is 0 Å². The van der Waals surface area contributed by atoms with Crippen molar-refractivity contribution in [2.24, 2.45) is 0 Å². The molecule has 0 radical (unpaired) electrons. The Labute approximate surface area is 127 Å². The van der Waals surface area contributed by atoms with Crippen molar-refractivity contribution in [3.63, 3.8) is 0 Å². The van der Waals surface area contributed by atoms with Crippen LogP contribution >= 0.6 is 23.2 Å². The average molecular weight is 308 g/mol. The molecule has 0 bridgehead atoms. The highest BCUT2D eigenvalue weighted by molar-refractivity contribution is 6.32. The smallest absolute Gasteiger partial charge is 0.138 e. The molecule has 0 fully saturated rings. The minimum absolute atomic E-state index is 0.273. The van der Waals surface area contributed by atoms with Crippen LogP contribution in [0.3, 0.4) is 0 Å². The standard InChI is InChI=1S/C15H11Cl2NO2/c1-19-14-5-3-12(16)7-11(14)9-20-15-4-2-10(8-18)6-13(15)17/h2-7H,9H2,1H3. The van der Waals surface area contributed by atoms with Gasteiger partial charge in [0.25, 0.3) is 0 Å². The summed E-state index contributed by atoms with van der Waals surface area (Å²) in [6.45, 7) is 0.273. The van der Waals surface area contributed by atoms with Gasteiger partial charge in [-0.2, -0.15) is 5.26 Å². The average Bonchev–Trinajstić information content (AvgIpc) is 2.46. The van der Waals surface area contributed by atoms with Crippen LogP contribution < -0.4 is 9.47 Å². The summed E-state index contributed by atoms with van der Waals surface area (Å²) in [5, 5.41) is 9.78. The second kappa shape index (κ2) is 6.51. The van der Waals surface area contributed by atoms with Gasteiger partial charge in [-0.3, -0.25) is 0 Å². The Balaban J connectivity index is 2.17. The van der Waals surface area contributed by atoms with Gasteiger partial charge in [-0.25, -0.2) is 0 Å². The normalized spacial score (nSPS) is 9.90. The van der Waals surface area contributed by atoms with Gasteiger partial charge < -0.3 is 9.47 Å². The topological polar surface area (TPSA) is 42.2 Å². The Morgan fingerprint density at radius 3 is 2.50 bits per heavy atom. The highest BCUT2D eigenvalue weighted by Crippen LogP contribution is 2.28. The van der Waals surface area contributed by atoms with Crippen LogP contribution in [-0.4, -0.2) is 7.11 Å². The van der Waals surface area contributed by atoms with Crippen LogP contribution in [-0.2, 0) is 6.61 Å². The Hall–Kier alpha value is -1.89. The van der Waals surface area contributed by atoms with Crippen LogP contribution in [0.15, 0.2) is 36.4 Å². The number of halogens is 2. The number of hydrogen-bond acceptors (Lipinski definition) is 3. The minimum atomic E-state index is 0.273. The number of nitrogens with zero attached hydrogens (tertiary/aromatic N) is 1. The number of benzene rings is 2. The van der Waals surface area contributed by atoms with E-state index in [1.807, 2.05) is 6.07 Å². The van der Waals surface area contributed by atoms with E-state index in [0.717, 1.165) is 5.56 Å². The summed E-state index contributed by atoms with van der Waals surface area (Å²) in [6, 6.07) is 12.2. The third-order valence-corrected chi connectivity index (χ3v) is 3.22. The van der Waals surface area contributed by atoms with Gasteiger partial charge in [0.1, 0.15) is 18.1 Å². The Kier molecular flexibility index (Phi) is 4.73. The van der Waals surface area contributed by atoms with Gasteiger partial charge in [0.2, 0.25) is 0 Å². The quantitative estimate of drug-likeness (QED) is 0.838. The predicted octanol–water partition coefficient (Wildman–Crippen LogP) is 4.45. The maximum atomic E-state index is 8.78. The molecule has 0 saturated carbocycles. The number of nitriles is 1. The first-order valence-electron chi connectivity index (χ1n) is 5.79. The number of rotatable bonds is 4. The second-order valence-electron chi connectivity index (χ2n) is 4.00. The van der Waals surface area contributed by atoms with Gasteiger partial charge in [0.15, 0.2) is 0 Å². The van der Waals surface area contributed by atoms with Gasteiger partial charge in [-0.1, -0.05) is 23.2 Å². The first kappa shape index (κ1) is 14.5. The fourth-order valence-electron chi connectivity index (χ4n) is 1.70. The molecule has 0 aliphatic heterocycles. The summed E-state index contributed by atoms with van der Waals surface area (Å²) in [5.74, 6) is 1.20. The van der Waals surface area contributed by atoms with E-state index in [9.17, 15) is 0 Å². The van der Waals surface area contributed by atoms with Crippen molar-refractivity contribution in [2.45, 2.75) is 6.61 Å². The molecule has 0 spiro atoms. The van der Waals surface area contributed by atoms with Gasteiger partial charge in [-0.15, -0.1) is 0 Å². The molecule has 102 valence electrons. The summed E-state index contributed by atoms with van der Waals surface area (Å²) in [6.07, 6.45) is 0. The summed E-state index contributed by atoms with van der Waals surface area (Å²) in [5.41, 5.74) is 1.31. The number of hydrogen-bond donors (Lipinski definition) is 0. The molecule has 0 aromatic heterocycles. The molecule has 0 aliphatic rings. The van der Waals surface area contributed by atoms with E-state index < -0.39 is 0 Å². The van der Waals surface area contributed by atoms with E-state index in [0.29, 0.717) is 27.1 Å². The highest BCUT2D eigenvalue weighted by Gasteiger charge is 2.07. The Bertz CT molecular complexity index is 665. The maximum absolute atomic E-state index is 8.78. The van der Waals surface area contributed by atoms with Crippen molar-refractivity contribution in [2.75, 3.05) is 7.11 Å². The molecule has 0 heterocycles. The molecule has 3 nitrogen and oxygen atoms in total. The fraction of sp³-hybridized carbons (Fsp3) is 0.133. The van der Waals surface area contributed by atoms with Crippen molar-refractivity contribution in [1.82, 2.24) is 0 Å². The lowest BCUT2D eigenvalue weighted by Crippen LogP contribution is -1.99. The van der Waals surface area contributed by atoms with Crippen LogP contribution in [0.1, 0.15) is 11.1 Å². The lowest BCUT2D eigenvalue weighted by atomic mass is 10.2. The molecule has 0 atom stereocenters. The fourth-order valence-corrected chi connectivity index (χ4v) is 2.13. The molecular formula is C15H11Cl2NO2. The molecule has 20 heavy (non-hydrogen) atoms. The first-order valence-corrected chi connectivity index (χ1v) is 6.54. The largest absolute Gasteiger partial charge is 0.496 e.